The minimum Gasteiger partial charge on any atom is -0.300 e. The highest BCUT2D eigenvalue weighted by atomic mass is 16.1. The van der Waals surface area contributed by atoms with Gasteiger partial charge in [-0.15, -0.1) is 0 Å². The van der Waals surface area contributed by atoms with Crippen LogP contribution in [0.3, 0.4) is 0 Å². The van der Waals surface area contributed by atoms with Crippen molar-refractivity contribution >= 4 is 12.0 Å². The molecular weight excluding hydrogens is 236 g/mol. The molecule has 0 amide bonds. The van der Waals surface area contributed by atoms with Crippen LogP contribution in [0.2, 0.25) is 0 Å². The molecule has 0 aromatic carbocycles. The number of carbonyl (C=O) groups excluding carboxylic acids is 1. The second-order valence-electron chi connectivity index (χ2n) is 6.97. The normalized spacial score (nSPS) is 29.1. The fourth-order valence-corrected chi connectivity index (χ4v) is 3.07. The lowest BCUT2D eigenvalue weighted by Crippen LogP contribution is -2.34. The molecule has 1 unspecified atom stereocenters. The molecule has 1 saturated heterocycles. The second kappa shape index (κ2) is 5.20. The second-order valence-corrected chi connectivity index (χ2v) is 6.97. The van der Waals surface area contributed by atoms with Crippen LogP contribution in [0.15, 0.2) is 16.3 Å². The maximum Gasteiger partial charge on any atom is 0.186 e. The molecule has 0 bridgehead atoms. The van der Waals surface area contributed by atoms with Gasteiger partial charge in [-0.25, -0.2) is 0 Å². The van der Waals surface area contributed by atoms with E-state index in [1.54, 1.807) is 0 Å². The third-order valence-electron chi connectivity index (χ3n) is 4.26. The third kappa shape index (κ3) is 2.81. The summed E-state index contributed by atoms with van der Waals surface area (Å²) in [6, 6.07) is 0.411. The molecule has 0 spiro atoms. The fraction of sp³-hybridized carbons (Fsp3) is 0.750. The highest BCUT2D eigenvalue weighted by Crippen LogP contribution is 2.36. The Hall–Kier alpha value is -0.960. The number of nitrogens with zero attached hydrogens (tertiary/aromatic N) is 2. The minimum atomic E-state index is -0.355. The van der Waals surface area contributed by atoms with Gasteiger partial charge in [-0.2, -0.15) is 0 Å². The van der Waals surface area contributed by atoms with E-state index in [4.69, 9.17) is 0 Å². The monoisotopic (exact) mass is 262 g/mol. The number of hydrogen-bond donors (Lipinski definition) is 0. The van der Waals surface area contributed by atoms with Gasteiger partial charge in [0.05, 0.1) is 0 Å². The van der Waals surface area contributed by atoms with E-state index < -0.39 is 0 Å². The van der Waals surface area contributed by atoms with Crippen molar-refractivity contribution in [2.24, 2.45) is 16.3 Å². The van der Waals surface area contributed by atoms with E-state index in [1.165, 1.54) is 12.0 Å². The van der Waals surface area contributed by atoms with Crippen molar-refractivity contribution in [3.8, 4) is 0 Å². The molecule has 19 heavy (non-hydrogen) atoms. The molecule has 2 heterocycles. The number of allylic oxidation sites excluding steroid dienone is 1. The summed E-state index contributed by atoms with van der Waals surface area (Å²) in [5.74, 6) is 0.620. The Balaban J connectivity index is 2.43. The smallest absolute Gasteiger partial charge is 0.186 e. The Labute approximate surface area is 116 Å². The van der Waals surface area contributed by atoms with Crippen LogP contribution >= 0.6 is 0 Å². The van der Waals surface area contributed by atoms with E-state index in [-0.39, 0.29) is 11.2 Å². The van der Waals surface area contributed by atoms with Gasteiger partial charge in [0, 0.05) is 17.7 Å². The largest absolute Gasteiger partial charge is 0.300 e. The topological polar surface area (TPSA) is 32.7 Å². The molecule has 1 fully saturated rings. The molecular formula is C16H26N2O. The Morgan fingerprint density at radius 3 is 2.63 bits per heavy atom. The zero-order valence-corrected chi connectivity index (χ0v) is 12.9. The quantitative estimate of drug-likeness (QED) is 0.766. The van der Waals surface area contributed by atoms with Crippen molar-refractivity contribution in [1.82, 2.24) is 4.90 Å². The lowest BCUT2D eigenvalue weighted by molar-refractivity contribution is -0.122. The molecule has 0 aromatic heterocycles. The summed E-state index contributed by atoms with van der Waals surface area (Å²) in [4.78, 5) is 19.5. The number of likely N-dealkylation sites (tertiary alicyclic amines) is 1. The van der Waals surface area contributed by atoms with Crippen LogP contribution in [0.25, 0.3) is 0 Å². The van der Waals surface area contributed by atoms with Crippen LogP contribution in [0.4, 0.5) is 0 Å². The first-order chi connectivity index (χ1) is 8.82. The third-order valence-corrected chi connectivity index (χ3v) is 4.26. The maximum atomic E-state index is 12.6. The Bertz CT molecular complexity index is 429. The maximum absolute atomic E-state index is 12.6. The number of carbonyl (C=O) groups is 1. The van der Waals surface area contributed by atoms with Crippen LogP contribution in [0, 0.1) is 11.3 Å². The highest BCUT2D eigenvalue weighted by Gasteiger charge is 2.36. The number of likely N-dealkylation sites (N-methyl/N-ethyl adjacent to an activating group) is 1. The first-order valence-corrected chi connectivity index (χ1v) is 7.34. The van der Waals surface area contributed by atoms with Gasteiger partial charge >= 0.3 is 0 Å². The minimum absolute atomic E-state index is 0.186. The van der Waals surface area contributed by atoms with Gasteiger partial charge < -0.3 is 0 Å². The molecule has 2 atom stereocenters. The predicted octanol–water partition coefficient (Wildman–Crippen LogP) is 3.06. The average molecular weight is 262 g/mol. The van der Waals surface area contributed by atoms with Gasteiger partial charge in [-0.3, -0.25) is 14.7 Å². The van der Waals surface area contributed by atoms with Crippen molar-refractivity contribution in [3.63, 3.8) is 0 Å². The number of rotatable bonds is 2. The zero-order valence-electron chi connectivity index (χ0n) is 12.9. The lowest BCUT2D eigenvalue weighted by Gasteiger charge is -2.31. The van der Waals surface area contributed by atoms with Crippen LogP contribution in [0.1, 0.15) is 47.0 Å². The van der Waals surface area contributed by atoms with Gasteiger partial charge in [0.2, 0.25) is 0 Å². The van der Waals surface area contributed by atoms with Crippen LogP contribution in [-0.2, 0) is 4.79 Å². The Morgan fingerprint density at radius 2 is 2.11 bits per heavy atom. The zero-order chi connectivity index (χ0) is 14.2. The van der Waals surface area contributed by atoms with Gasteiger partial charge in [0.25, 0.3) is 0 Å². The summed E-state index contributed by atoms with van der Waals surface area (Å²) in [5, 5.41) is 0. The summed E-state index contributed by atoms with van der Waals surface area (Å²) >= 11 is 0. The Morgan fingerprint density at radius 1 is 1.42 bits per heavy atom. The van der Waals surface area contributed by atoms with Crippen LogP contribution in [0.5, 0.6) is 0 Å². The summed E-state index contributed by atoms with van der Waals surface area (Å²) in [6.07, 6.45) is 5.26. The highest BCUT2D eigenvalue weighted by molar-refractivity contribution is 6.01. The fourth-order valence-electron chi connectivity index (χ4n) is 3.07. The van der Waals surface area contributed by atoms with E-state index in [1.807, 2.05) is 27.0 Å². The van der Waals surface area contributed by atoms with E-state index in [2.05, 4.69) is 23.9 Å². The van der Waals surface area contributed by atoms with Gasteiger partial charge in [-0.05, 0) is 44.3 Å². The van der Waals surface area contributed by atoms with Crippen LogP contribution in [-0.4, -0.2) is 36.5 Å². The number of hydrogen-bond acceptors (Lipinski definition) is 3. The van der Waals surface area contributed by atoms with Gasteiger partial charge in [0.15, 0.2) is 5.78 Å². The van der Waals surface area contributed by atoms with E-state index in [9.17, 15) is 4.79 Å². The Kier molecular flexibility index (Phi) is 3.95. The summed E-state index contributed by atoms with van der Waals surface area (Å²) in [6.45, 7) is 9.29. The molecule has 3 heteroatoms. The van der Waals surface area contributed by atoms with E-state index in [0.29, 0.717) is 12.0 Å². The van der Waals surface area contributed by atoms with Crippen molar-refractivity contribution in [2.75, 3.05) is 13.6 Å². The molecule has 0 radical (unpaired) electrons. The SMILES string of the molecule is CC1CC=NC(C(=O)C(C)(C)C)=C1[C@@H]1CCCN1C. The van der Waals surface area contributed by atoms with Crippen LogP contribution < -0.4 is 0 Å². The standard InChI is InChI=1S/C16H26N2O/c1-11-8-9-17-14(15(19)16(2,3)4)13(11)12-7-6-10-18(12)5/h9,11-12H,6-8,10H2,1-5H3/t11?,12-/m0/s1. The average Bonchev–Trinajstić information content (AvgIpc) is 2.73. The molecule has 2 aliphatic rings. The number of Topliss-reactive ketones (excluding diaryl/α,β-unsaturated/α-hetero) is 1. The molecule has 2 aliphatic heterocycles. The molecule has 0 N–H and O–H groups in total. The first-order valence-electron chi connectivity index (χ1n) is 7.34. The molecule has 0 aliphatic carbocycles. The summed E-state index contributed by atoms with van der Waals surface area (Å²) < 4.78 is 0. The molecule has 0 saturated carbocycles. The van der Waals surface area contributed by atoms with Gasteiger partial charge in [-0.1, -0.05) is 27.7 Å². The van der Waals surface area contributed by atoms with Crippen molar-refractivity contribution in [1.29, 1.82) is 0 Å². The van der Waals surface area contributed by atoms with E-state index >= 15 is 0 Å². The summed E-state index contributed by atoms with van der Waals surface area (Å²) in [7, 11) is 2.16. The van der Waals surface area contributed by atoms with Crippen molar-refractivity contribution in [2.45, 2.75) is 53.0 Å². The summed E-state index contributed by atoms with van der Waals surface area (Å²) in [5.41, 5.74) is 1.67. The predicted molar refractivity (Wildman–Crippen MR) is 79.4 cm³/mol. The first kappa shape index (κ1) is 14.4. The number of ketones is 1. The van der Waals surface area contributed by atoms with E-state index in [0.717, 1.165) is 25.1 Å². The number of aliphatic imine (C=N–C) groups is 1. The van der Waals surface area contributed by atoms with Crippen molar-refractivity contribution < 1.29 is 4.79 Å². The molecule has 0 aromatic rings. The molecule has 106 valence electrons. The molecule has 2 rings (SSSR count). The molecule has 3 nitrogen and oxygen atoms in total. The van der Waals surface area contributed by atoms with Gasteiger partial charge in [0.1, 0.15) is 5.70 Å². The van der Waals surface area contributed by atoms with Crippen molar-refractivity contribution in [3.05, 3.63) is 11.3 Å². The lowest BCUT2D eigenvalue weighted by atomic mass is 9.81.